The van der Waals surface area contributed by atoms with E-state index in [2.05, 4.69) is 0 Å². The highest BCUT2D eigenvalue weighted by Crippen LogP contribution is 2.31. The molecule has 4 rings (SSSR count). The molecule has 2 heterocycles. The number of imide groups is 1. The average Bonchev–Trinajstić information content (AvgIpc) is 3.04. The van der Waals surface area contributed by atoms with Gasteiger partial charge in [0.25, 0.3) is 27.7 Å². The number of fused-ring (bicyclic) bond motifs is 2. The molecule has 2 aromatic carbocycles. The van der Waals surface area contributed by atoms with Crippen LogP contribution in [-0.2, 0) is 14.9 Å². The third-order valence-electron chi connectivity index (χ3n) is 4.46. The number of nitrogens with zero attached hydrogens (tertiary/aromatic N) is 2. The van der Waals surface area contributed by atoms with Crippen molar-refractivity contribution in [3.63, 3.8) is 0 Å². The minimum Gasteiger partial charge on any atom is -0.324 e. The highest BCUT2D eigenvalue weighted by molar-refractivity contribution is 7.90. The van der Waals surface area contributed by atoms with Crippen molar-refractivity contribution in [2.75, 3.05) is 6.54 Å². The normalized spacial score (nSPS) is 17.0. The van der Waals surface area contributed by atoms with Crippen LogP contribution in [0.15, 0.2) is 47.4 Å². The van der Waals surface area contributed by atoms with Crippen LogP contribution in [0.25, 0.3) is 0 Å². The molecule has 3 amide bonds. The average molecular weight is 400 g/mol. The van der Waals surface area contributed by atoms with Gasteiger partial charge in [-0.15, -0.1) is 0 Å². The number of hydrogen-bond donors (Lipinski definition) is 0. The Balaban J connectivity index is 1.64. The topological polar surface area (TPSA) is 118 Å². The molecule has 0 aliphatic carbocycles. The number of amides is 3. The van der Waals surface area contributed by atoms with Crippen molar-refractivity contribution in [3.8, 4) is 0 Å². The van der Waals surface area contributed by atoms with Gasteiger partial charge in [0.2, 0.25) is 0 Å². The maximum Gasteiger partial charge on any atom is 0.363 e. The Hall–Kier alpha value is -3.53. The lowest BCUT2D eigenvalue weighted by Gasteiger charge is -2.13. The van der Waals surface area contributed by atoms with E-state index >= 15 is 0 Å². The van der Waals surface area contributed by atoms with Gasteiger partial charge < -0.3 is 4.84 Å². The molecule has 0 radical (unpaired) electrons. The van der Waals surface area contributed by atoms with E-state index in [1.54, 1.807) is 12.1 Å². The molecule has 0 saturated carbocycles. The predicted octanol–water partition coefficient (Wildman–Crippen LogP) is 1.22. The molecule has 0 saturated heterocycles. The first-order valence-corrected chi connectivity index (χ1v) is 9.62. The summed E-state index contributed by atoms with van der Waals surface area (Å²) >= 11 is 0. The van der Waals surface area contributed by atoms with Crippen molar-refractivity contribution < 1.29 is 32.4 Å². The Morgan fingerprint density at radius 3 is 2.11 bits per heavy atom. The van der Waals surface area contributed by atoms with Gasteiger partial charge in [-0.2, -0.15) is 0 Å². The first-order chi connectivity index (χ1) is 13.3. The Kier molecular flexibility index (Phi) is 3.82. The van der Waals surface area contributed by atoms with Crippen molar-refractivity contribution in [2.24, 2.45) is 0 Å². The van der Waals surface area contributed by atoms with Crippen LogP contribution in [-0.4, -0.2) is 48.0 Å². The lowest BCUT2D eigenvalue weighted by atomic mass is 10.1. The minimum absolute atomic E-state index is 0.0509. The maximum absolute atomic E-state index is 12.4. The van der Waals surface area contributed by atoms with Crippen molar-refractivity contribution in [1.29, 1.82) is 0 Å². The van der Waals surface area contributed by atoms with Gasteiger partial charge in [-0.25, -0.2) is 17.5 Å². The number of carbonyl (C=O) groups excluding carboxylic acids is 4. The van der Waals surface area contributed by atoms with E-state index in [9.17, 15) is 27.6 Å². The fourth-order valence-corrected chi connectivity index (χ4v) is 4.70. The number of carbonyl (C=O) groups is 4. The number of rotatable bonds is 3. The van der Waals surface area contributed by atoms with Crippen molar-refractivity contribution in [3.05, 3.63) is 64.7 Å². The Bertz CT molecular complexity index is 1150. The minimum atomic E-state index is -4.07. The van der Waals surface area contributed by atoms with Crippen LogP contribution in [0.4, 0.5) is 0 Å². The SMILES string of the molecule is CCN1C(=O)c2ccc(C(=O)ON3C(=O)c4ccccc4C3=O)cc2S1(=O)=O. The summed E-state index contributed by atoms with van der Waals surface area (Å²) in [6, 6.07) is 9.38. The molecule has 2 aliphatic heterocycles. The molecule has 0 aromatic heterocycles. The summed E-state index contributed by atoms with van der Waals surface area (Å²) < 4.78 is 25.6. The second kappa shape index (κ2) is 5.99. The van der Waals surface area contributed by atoms with Gasteiger partial charge in [0.15, 0.2) is 0 Å². The Labute approximate surface area is 159 Å². The maximum atomic E-state index is 12.4. The summed E-state index contributed by atoms with van der Waals surface area (Å²) in [6.45, 7) is 1.46. The smallest absolute Gasteiger partial charge is 0.324 e. The van der Waals surface area contributed by atoms with Crippen LogP contribution < -0.4 is 0 Å². The van der Waals surface area contributed by atoms with E-state index < -0.39 is 33.7 Å². The standard InChI is InChI=1S/C18H12N2O7S/c1-2-19-15(21)13-8-7-10(9-14(13)28(19,25)26)18(24)27-20-16(22)11-5-3-4-6-12(11)17(20)23/h3-9H,2H2,1H3. The Morgan fingerprint density at radius 2 is 1.54 bits per heavy atom. The second-order valence-electron chi connectivity index (χ2n) is 6.01. The van der Waals surface area contributed by atoms with E-state index in [1.807, 2.05) is 0 Å². The molecular formula is C18H12N2O7S. The molecule has 0 bridgehead atoms. The van der Waals surface area contributed by atoms with Crippen molar-refractivity contribution >= 4 is 33.7 Å². The monoisotopic (exact) mass is 400 g/mol. The fourth-order valence-electron chi connectivity index (χ4n) is 3.10. The van der Waals surface area contributed by atoms with Crippen LogP contribution in [0.5, 0.6) is 0 Å². The summed E-state index contributed by atoms with van der Waals surface area (Å²) in [5.41, 5.74) is -0.0780. The summed E-state index contributed by atoms with van der Waals surface area (Å²) in [5, 5.41) is 0.332. The van der Waals surface area contributed by atoms with Gasteiger partial charge in [0.05, 0.1) is 22.3 Å². The van der Waals surface area contributed by atoms with Gasteiger partial charge in [-0.05, 0) is 37.3 Å². The first kappa shape index (κ1) is 17.9. The van der Waals surface area contributed by atoms with Crippen LogP contribution in [0.2, 0.25) is 0 Å². The molecule has 0 N–H and O–H groups in total. The van der Waals surface area contributed by atoms with E-state index in [-0.39, 0.29) is 33.7 Å². The number of hydroxylamine groups is 2. The van der Waals surface area contributed by atoms with Gasteiger partial charge in [0, 0.05) is 6.54 Å². The van der Waals surface area contributed by atoms with Gasteiger partial charge >= 0.3 is 5.97 Å². The molecular weight excluding hydrogens is 388 g/mol. The third kappa shape index (κ3) is 2.34. The fraction of sp³-hybridized carbons (Fsp3) is 0.111. The Morgan fingerprint density at radius 1 is 0.929 bits per heavy atom. The van der Waals surface area contributed by atoms with Crippen LogP contribution in [0, 0.1) is 0 Å². The van der Waals surface area contributed by atoms with Crippen LogP contribution in [0.1, 0.15) is 48.4 Å². The van der Waals surface area contributed by atoms with Crippen molar-refractivity contribution in [2.45, 2.75) is 11.8 Å². The highest BCUT2D eigenvalue weighted by Gasteiger charge is 2.42. The summed E-state index contributed by atoms with van der Waals surface area (Å²) in [4.78, 5) is 53.7. The molecule has 28 heavy (non-hydrogen) atoms. The third-order valence-corrected chi connectivity index (χ3v) is 6.36. The largest absolute Gasteiger partial charge is 0.363 e. The lowest BCUT2D eigenvalue weighted by molar-refractivity contribution is -0.0584. The van der Waals surface area contributed by atoms with Crippen LogP contribution >= 0.6 is 0 Å². The molecule has 2 aliphatic rings. The molecule has 0 unspecified atom stereocenters. The van der Waals surface area contributed by atoms with E-state index in [0.717, 1.165) is 6.07 Å². The molecule has 0 atom stereocenters. The molecule has 142 valence electrons. The summed E-state index contributed by atoms with van der Waals surface area (Å²) in [5.74, 6) is -3.38. The highest BCUT2D eigenvalue weighted by atomic mass is 32.2. The van der Waals surface area contributed by atoms with Crippen molar-refractivity contribution in [1.82, 2.24) is 9.37 Å². The van der Waals surface area contributed by atoms with E-state index in [1.165, 1.54) is 31.2 Å². The quantitative estimate of drug-likeness (QED) is 0.711. The zero-order valence-corrected chi connectivity index (χ0v) is 15.2. The zero-order valence-electron chi connectivity index (χ0n) is 14.4. The lowest BCUT2D eigenvalue weighted by Crippen LogP contribution is -2.32. The van der Waals surface area contributed by atoms with E-state index in [4.69, 9.17) is 4.84 Å². The van der Waals surface area contributed by atoms with Gasteiger partial charge in [-0.1, -0.05) is 17.2 Å². The summed E-state index contributed by atoms with van der Waals surface area (Å²) in [6.07, 6.45) is 0. The molecule has 2 aromatic rings. The molecule has 9 nitrogen and oxygen atoms in total. The van der Waals surface area contributed by atoms with Gasteiger partial charge in [-0.3, -0.25) is 14.4 Å². The second-order valence-corrected chi connectivity index (χ2v) is 7.85. The first-order valence-electron chi connectivity index (χ1n) is 8.18. The zero-order chi connectivity index (χ0) is 20.2. The summed E-state index contributed by atoms with van der Waals surface area (Å²) in [7, 11) is -4.07. The number of sulfonamides is 1. The van der Waals surface area contributed by atoms with E-state index in [0.29, 0.717) is 9.37 Å². The predicted molar refractivity (Wildman–Crippen MR) is 92.7 cm³/mol. The number of benzene rings is 2. The molecule has 10 heteroatoms. The molecule has 0 spiro atoms. The van der Waals surface area contributed by atoms with Gasteiger partial charge in [0.1, 0.15) is 4.90 Å². The molecule has 0 fully saturated rings. The van der Waals surface area contributed by atoms with Crippen LogP contribution in [0.3, 0.4) is 0 Å². The number of hydrogen-bond acceptors (Lipinski definition) is 7.